The normalized spacial score (nSPS) is 16.4. The number of fused-ring (bicyclic) bond motifs is 1. The predicted molar refractivity (Wildman–Crippen MR) is 55.0 cm³/mol. The van der Waals surface area contributed by atoms with Crippen LogP contribution in [0.4, 0.5) is 0 Å². The summed E-state index contributed by atoms with van der Waals surface area (Å²) in [7, 11) is -3.07. The van der Waals surface area contributed by atoms with Crippen LogP contribution in [0, 0.1) is 0 Å². The molecule has 4 heteroatoms. The van der Waals surface area contributed by atoms with Crippen molar-refractivity contribution in [2.75, 3.05) is 12.8 Å². The standard InChI is InChI=1S/C10H13NO2S/c1-14(12,13)10-4-2-3-8-7-11-6-5-9(8)10/h2-4,11H,5-7H2,1H3. The van der Waals surface area contributed by atoms with E-state index in [0.717, 1.165) is 30.6 Å². The maximum Gasteiger partial charge on any atom is 0.175 e. The molecule has 0 unspecified atom stereocenters. The highest BCUT2D eigenvalue weighted by Crippen LogP contribution is 2.22. The summed E-state index contributed by atoms with van der Waals surface area (Å²) in [5.41, 5.74) is 2.10. The third-order valence-corrected chi connectivity index (χ3v) is 3.68. The predicted octanol–water partition coefficient (Wildman–Crippen LogP) is 0.736. The van der Waals surface area contributed by atoms with Crippen LogP contribution in [0.5, 0.6) is 0 Å². The van der Waals surface area contributed by atoms with Gasteiger partial charge in [0, 0.05) is 12.8 Å². The van der Waals surface area contributed by atoms with Crippen LogP contribution in [0.15, 0.2) is 23.1 Å². The van der Waals surface area contributed by atoms with E-state index in [-0.39, 0.29) is 0 Å². The van der Waals surface area contributed by atoms with E-state index in [1.54, 1.807) is 6.07 Å². The highest BCUT2D eigenvalue weighted by atomic mass is 32.2. The van der Waals surface area contributed by atoms with Crippen LogP contribution in [-0.4, -0.2) is 21.2 Å². The lowest BCUT2D eigenvalue weighted by atomic mass is 10.0. The largest absolute Gasteiger partial charge is 0.312 e. The molecule has 0 bridgehead atoms. The summed E-state index contributed by atoms with van der Waals surface area (Å²) in [6, 6.07) is 5.48. The third-order valence-electron chi connectivity index (χ3n) is 2.50. The molecule has 0 saturated heterocycles. The van der Waals surface area contributed by atoms with E-state index in [0.29, 0.717) is 4.90 Å². The SMILES string of the molecule is CS(=O)(=O)c1cccc2c1CCNC2. The van der Waals surface area contributed by atoms with Gasteiger partial charge in [-0.1, -0.05) is 12.1 Å². The fourth-order valence-electron chi connectivity index (χ4n) is 1.84. The summed E-state index contributed by atoms with van der Waals surface area (Å²) < 4.78 is 23.0. The Morgan fingerprint density at radius 1 is 1.36 bits per heavy atom. The van der Waals surface area contributed by atoms with Gasteiger partial charge in [-0.25, -0.2) is 8.42 Å². The number of benzene rings is 1. The number of rotatable bonds is 1. The molecule has 2 rings (SSSR count). The first-order valence-corrected chi connectivity index (χ1v) is 6.50. The zero-order chi connectivity index (χ0) is 10.2. The van der Waals surface area contributed by atoms with Crippen molar-refractivity contribution < 1.29 is 8.42 Å². The summed E-state index contributed by atoms with van der Waals surface area (Å²) in [4.78, 5) is 0.497. The molecule has 0 aliphatic carbocycles. The Hall–Kier alpha value is -0.870. The molecular weight excluding hydrogens is 198 g/mol. The first-order valence-electron chi connectivity index (χ1n) is 4.60. The van der Waals surface area contributed by atoms with Gasteiger partial charge in [0.15, 0.2) is 9.84 Å². The summed E-state index contributed by atoms with van der Waals surface area (Å²) in [5, 5.41) is 3.22. The second-order valence-electron chi connectivity index (χ2n) is 3.59. The molecular formula is C10H13NO2S. The molecule has 0 fully saturated rings. The van der Waals surface area contributed by atoms with Gasteiger partial charge >= 0.3 is 0 Å². The highest BCUT2D eigenvalue weighted by Gasteiger charge is 2.17. The van der Waals surface area contributed by atoms with E-state index in [4.69, 9.17) is 0 Å². The third kappa shape index (κ3) is 1.67. The summed E-state index contributed by atoms with van der Waals surface area (Å²) >= 11 is 0. The van der Waals surface area contributed by atoms with Gasteiger partial charge in [-0.05, 0) is 30.2 Å². The lowest BCUT2D eigenvalue weighted by Gasteiger charge is -2.19. The topological polar surface area (TPSA) is 46.2 Å². The van der Waals surface area contributed by atoms with E-state index >= 15 is 0 Å². The average Bonchev–Trinajstić information content (AvgIpc) is 2.15. The first kappa shape index (κ1) is 9.68. The number of sulfone groups is 1. The van der Waals surface area contributed by atoms with Crippen LogP contribution >= 0.6 is 0 Å². The Bertz CT molecular complexity index is 451. The van der Waals surface area contributed by atoms with Gasteiger partial charge < -0.3 is 5.32 Å². The molecule has 76 valence electrons. The Kier molecular flexibility index (Phi) is 2.33. The molecule has 1 aliphatic heterocycles. The number of hydrogen-bond donors (Lipinski definition) is 1. The monoisotopic (exact) mass is 211 g/mol. The molecule has 0 atom stereocenters. The molecule has 0 saturated carbocycles. The molecule has 1 heterocycles. The Morgan fingerprint density at radius 2 is 2.14 bits per heavy atom. The van der Waals surface area contributed by atoms with Crippen molar-refractivity contribution in [3.8, 4) is 0 Å². The van der Waals surface area contributed by atoms with Crippen molar-refractivity contribution >= 4 is 9.84 Å². The lowest BCUT2D eigenvalue weighted by molar-refractivity contribution is 0.594. The van der Waals surface area contributed by atoms with Crippen molar-refractivity contribution in [3.05, 3.63) is 29.3 Å². The van der Waals surface area contributed by atoms with Crippen molar-refractivity contribution in [2.45, 2.75) is 17.9 Å². The van der Waals surface area contributed by atoms with Crippen LogP contribution in [0.1, 0.15) is 11.1 Å². The van der Waals surface area contributed by atoms with Gasteiger partial charge in [0.25, 0.3) is 0 Å². The van der Waals surface area contributed by atoms with E-state index in [1.165, 1.54) is 6.26 Å². The second-order valence-corrected chi connectivity index (χ2v) is 5.58. The van der Waals surface area contributed by atoms with Gasteiger partial charge in [0.1, 0.15) is 0 Å². The molecule has 0 aromatic heterocycles. The Labute approximate surface area is 84.1 Å². The van der Waals surface area contributed by atoms with Gasteiger partial charge in [-0.15, -0.1) is 0 Å². The fourth-order valence-corrected chi connectivity index (χ4v) is 2.85. The van der Waals surface area contributed by atoms with Crippen LogP contribution in [0.3, 0.4) is 0 Å². The van der Waals surface area contributed by atoms with E-state index < -0.39 is 9.84 Å². The van der Waals surface area contributed by atoms with Crippen LogP contribution in [-0.2, 0) is 22.8 Å². The minimum Gasteiger partial charge on any atom is -0.312 e. The van der Waals surface area contributed by atoms with E-state index in [2.05, 4.69) is 5.32 Å². The Morgan fingerprint density at radius 3 is 2.86 bits per heavy atom. The van der Waals surface area contributed by atoms with Crippen molar-refractivity contribution in [2.24, 2.45) is 0 Å². The Balaban J connectivity index is 2.62. The number of hydrogen-bond acceptors (Lipinski definition) is 3. The minimum atomic E-state index is -3.07. The van der Waals surface area contributed by atoms with Crippen LogP contribution in [0.2, 0.25) is 0 Å². The van der Waals surface area contributed by atoms with Crippen molar-refractivity contribution in [3.63, 3.8) is 0 Å². The van der Waals surface area contributed by atoms with E-state index in [9.17, 15) is 8.42 Å². The molecule has 3 nitrogen and oxygen atoms in total. The summed E-state index contributed by atoms with van der Waals surface area (Å²) in [6.45, 7) is 1.64. The van der Waals surface area contributed by atoms with Gasteiger partial charge in [0.05, 0.1) is 4.90 Å². The zero-order valence-corrected chi connectivity index (χ0v) is 8.89. The summed E-state index contributed by atoms with van der Waals surface area (Å²) in [5.74, 6) is 0. The maximum atomic E-state index is 11.5. The maximum absolute atomic E-state index is 11.5. The minimum absolute atomic E-state index is 0.497. The number of nitrogens with one attached hydrogen (secondary N) is 1. The molecule has 1 N–H and O–H groups in total. The van der Waals surface area contributed by atoms with Gasteiger partial charge in [0.2, 0.25) is 0 Å². The average molecular weight is 211 g/mol. The van der Waals surface area contributed by atoms with Crippen LogP contribution in [0.25, 0.3) is 0 Å². The van der Waals surface area contributed by atoms with Gasteiger partial charge in [-0.3, -0.25) is 0 Å². The molecule has 14 heavy (non-hydrogen) atoms. The van der Waals surface area contributed by atoms with Gasteiger partial charge in [-0.2, -0.15) is 0 Å². The smallest absolute Gasteiger partial charge is 0.175 e. The molecule has 1 aliphatic rings. The van der Waals surface area contributed by atoms with Crippen molar-refractivity contribution in [1.82, 2.24) is 5.32 Å². The second kappa shape index (κ2) is 3.37. The molecule has 0 spiro atoms. The molecule has 0 radical (unpaired) electrons. The molecule has 0 amide bonds. The fraction of sp³-hybridized carbons (Fsp3) is 0.400. The zero-order valence-electron chi connectivity index (χ0n) is 8.08. The van der Waals surface area contributed by atoms with Crippen LogP contribution < -0.4 is 5.32 Å². The van der Waals surface area contributed by atoms with E-state index in [1.807, 2.05) is 12.1 Å². The highest BCUT2D eigenvalue weighted by molar-refractivity contribution is 7.90. The molecule has 1 aromatic carbocycles. The molecule has 1 aromatic rings. The lowest BCUT2D eigenvalue weighted by Crippen LogP contribution is -2.25. The van der Waals surface area contributed by atoms with Crippen molar-refractivity contribution in [1.29, 1.82) is 0 Å². The first-order chi connectivity index (χ1) is 6.59. The summed E-state index contributed by atoms with van der Waals surface area (Å²) in [6.07, 6.45) is 2.07. The quantitative estimate of drug-likeness (QED) is 0.745.